The molecule has 0 amide bonds. The summed E-state index contributed by atoms with van der Waals surface area (Å²) in [4.78, 5) is 24.8. The smallest absolute Gasteiger partial charge is 0.421 e. The van der Waals surface area contributed by atoms with Gasteiger partial charge in [0.25, 0.3) is 5.56 Å². The van der Waals surface area contributed by atoms with Crippen molar-refractivity contribution in [3.8, 4) is 6.07 Å². The van der Waals surface area contributed by atoms with E-state index in [9.17, 15) is 33.1 Å². The zero-order valence-electron chi connectivity index (χ0n) is 17.2. The van der Waals surface area contributed by atoms with Crippen LogP contribution < -0.4 is 20.1 Å². The maximum atomic E-state index is 13.1. The second-order valence-corrected chi connectivity index (χ2v) is 7.66. The zero-order chi connectivity index (χ0) is 24.1. The van der Waals surface area contributed by atoms with Crippen LogP contribution in [-0.4, -0.2) is 28.4 Å². The minimum Gasteiger partial charge on any atom is -0.457 e. The van der Waals surface area contributed by atoms with Gasteiger partial charge < -0.3 is 15.2 Å². The Kier molecular flexibility index (Phi) is 7.66. The van der Waals surface area contributed by atoms with Gasteiger partial charge >= 0.3 is 12.1 Å². The third-order valence-electron chi connectivity index (χ3n) is 4.43. The molecule has 0 spiro atoms. The molecule has 2 rings (SSSR count). The molecule has 2 aromatic rings. The van der Waals surface area contributed by atoms with Crippen LogP contribution in [0.25, 0.3) is 11.8 Å². The summed E-state index contributed by atoms with van der Waals surface area (Å²) in [5.74, 6) is -0.905. The molecule has 0 aliphatic heterocycles. The first kappa shape index (κ1) is 24.9. The number of anilines is 1. The summed E-state index contributed by atoms with van der Waals surface area (Å²) in [5.41, 5.74) is -4.09. The van der Waals surface area contributed by atoms with Gasteiger partial charge in [0, 0.05) is 18.4 Å². The number of alkyl halides is 3. The number of ether oxygens (including phenoxy) is 1. The van der Waals surface area contributed by atoms with Gasteiger partial charge in [-0.3, -0.25) is 9.36 Å². The lowest BCUT2D eigenvalue weighted by Crippen LogP contribution is -2.39. The third kappa shape index (κ3) is 5.09. The Balaban J connectivity index is 2.52. The van der Waals surface area contributed by atoms with E-state index in [0.29, 0.717) is 6.92 Å². The highest BCUT2D eigenvalue weighted by molar-refractivity contribution is 7.07. The van der Waals surface area contributed by atoms with Crippen LogP contribution in [-0.2, 0) is 21.7 Å². The Bertz CT molecular complexity index is 1240. The second kappa shape index (κ2) is 9.84. The number of esters is 1. The van der Waals surface area contributed by atoms with E-state index in [-0.39, 0.29) is 39.2 Å². The zero-order valence-corrected chi connectivity index (χ0v) is 18.0. The lowest BCUT2D eigenvalue weighted by Gasteiger charge is -2.27. The first-order valence-corrected chi connectivity index (χ1v) is 10.1. The summed E-state index contributed by atoms with van der Waals surface area (Å²) in [6.07, 6.45) is -2.29. The van der Waals surface area contributed by atoms with E-state index in [1.807, 2.05) is 0 Å². The van der Waals surface area contributed by atoms with Crippen LogP contribution in [0.4, 0.5) is 18.9 Å². The number of halogens is 3. The summed E-state index contributed by atoms with van der Waals surface area (Å²) in [5, 5.41) is 22.0. The van der Waals surface area contributed by atoms with E-state index < -0.39 is 23.3 Å². The van der Waals surface area contributed by atoms with E-state index in [2.05, 4.69) is 11.9 Å². The third-order valence-corrected chi connectivity index (χ3v) is 5.56. The van der Waals surface area contributed by atoms with Crippen molar-refractivity contribution in [3.05, 3.63) is 62.0 Å². The summed E-state index contributed by atoms with van der Waals surface area (Å²) in [6.45, 7) is 5.78. The molecule has 0 radical (unpaired) electrons. The molecule has 1 heterocycles. The van der Waals surface area contributed by atoms with Crippen molar-refractivity contribution in [1.82, 2.24) is 4.57 Å². The SMILES string of the molecule is C=CCOC(=O)C(C#N)=c1sc(=CNc2cccc(C(C)(O)C(F)(F)F)c2)c(=O)n1CC. The van der Waals surface area contributed by atoms with Crippen LogP contribution in [0.1, 0.15) is 19.4 Å². The molecular weight excluding hydrogens is 447 g/mol. The number of thiazole rings is 1. The van der Waals surface area contributed by atoms with Crippen molar-refractivity contribution in [3.63, 3.8) is 0 Å². The molecule has 170 valence electrons. The van der Waals surface area contributed by atoms with Gasteiger partial charge in [0.2, 0.25) is 0 Å². The Hall–Kier alpha value is -3.36. The average molecular weight is 467 g/mol. The van der Waals surface area contributed by atoms with Crippen LogP contribution in [0.5, 0.6) is 0 Å². The van der Waals surface area contributed by atoms with E-state index in [4.69, 9.17) is 4.74 Å². The van der Waals surface area contributed by atoms with Gasteiger partial charge in [-0.05, 0) is 31.5 Å². The molecule has 11 heteroatoms. The van der Waals surface area contributed by atoms with Crippen LogP contribution in [0.3, 0.4) is 0 Å². The number of hydrogen-bond acceptors (Lipinski definition) is 7. The minimum absolute atomic E-state index is 0.0934. The molecule has 0 aliphatic carbocycles. The van der Waals surface area contributed by atoms with Gasteiger partial charge in [-0.15, -0.1) is 11.3 Å². The number of hydrogen-bond donors (Lipinski definition) is 2. The highest BCUT2D eigenvalue weighted by Gasteiger charge is 2.51. The number of benzene rings is 1. The molecule has 2 N–H and O–H groups in total. The number of nitrogens with zero attached hydrogens (tertiary/aromatic N) is 2. The molecule has 0 aliphatic rings. The van der Waals surface area contributed by atoms with E-state index >= 15 is 0 Å². The molecular formula is C21H20F3N3O4S. The molecule has 1 aromatic heterocycles. The van der Waals surface area contributed by atoms with Crippen molar-refractivity contribution in [2.75, 3.05) is 11.9 Å². The largest absolute Gasteiger partial charge is 0.457 e. The van der Waals surface area contributed by atoms with Gasteiger partial charge in [0.1, 0.15) is 21.9 Å². The number of nitriles is 1. The van der Waals surface area contributed by atoms with Crippen LogP contribution in [0.15, 0.2) is 41.7 Å². The fourth-order valence-corrected chi connectivity index (χ4v) is 3.68. The van der Waals surface area contributed by atoms with E-state index in [1.54, 1.807) is 13.0 Å². The van der Waals surface area contributed by atoms with Crippen molar-refractivity contribution in [2.45, 2.75) is 32.2 Å². The molecule has 0 fully saturated rings. The Morgan fingerprint density at radius 3 is 2.69 bits per heavy atom. The number of nitrogens with one attached hydrogen (secondary N) is 1. The van der Waals surface area contributed by atoms with Gasteiger partial charge in [0.05, 0.1) is 0 Å². The summed E-state index contributed by atoms with van der Waals surface area (Å²) >= 11 is 0.855. The first-order chi connectivity index (χ1) is 15.0. The number of aliphatic hydroxyl groups is 1. The van der Waals surface area contributed by atoms with Gasteiger partial charge in [-0.25, -0.2) is 4.79 Å². The maximum absolute atomic E-state index is 13.1. The normalized spacial score (nSPS) is 14.8. The van der Waals surface area contributed by atoms with Crippen molar-refractivity contribution < 1.29 is 27.8 Å². The summed E-state index contributed by atoms with van der Waals surface area (Å²) in [6, 6.07) is 6.77. The van der Waals surface area contributed by atoms with Crippen LogP contribution >= 0.6 is 11.3 Å². The van der Waals surface area contributed by atoms with Gasteiger partial charge in [-0.2, -0.15) is 18.4 Å². The van der Waals surface area contributed by atoms with Crippen LogP contribution in [0, 0.1) is 11.3 Å². The quantitative estimate of drug-likeness (QED) is 0.477. The predicted molar refractivity (Wildman–Crippen MR) is 114 cm³/mol. The molecule has 0 saturated heterocycles. The molecule has 1 aromatic carbocycles. The second-order valence-electron chi connectivity index (χ2n) is 6.63. The summed E-state index contributed by atoms with van der Waals surface area (Å²) < 4.78 is 45.6. The molecule has 0 saturated carbocycles. The molecule has 0 bridgehead atoms. The molecule has 7 nitrogen and oxygen atoms in total. The van der Waals surface area contributed by atoms with E-state index in [0.717, 1.165) is 23.5 Å². The number of rotatable bonds is 7. The topological polar surface area (TPSA) is 104 Å². The van der Waals surface area contributed by atoms with Gasteiger partial charge in [0.15, 0.2) is 11.2 Å². The predicted octanol–water partition coefficient (Wildman–Crippen LogP) is 1.95. The Labute approximate surface area is 185 Å². The fourth-order valence-electron chi connectivity index (χ4n) is 2.60. The minimum atomic E-state index is -4.88. The standard InChI is InChI=1S/C21H20F3N3O4S/c1-4-9-31-19(29)15(11-25)18-27(5-2)17(28)16(32-18)12-26-14-8-6-7-13(10-14)20(3,30)21(22,23)24/h4,6-8,10,12,26,30H,1,5,9H2,2-3H3. The average Bonchev–Trinajstić information content (AvgIpc) is 3.05. The number of carbonyl (C=O) groups is 1. The Morgan fingerprint density at radius 1 is 1.44 bits per heavy atom. The fraction of sp³-hybridized carbons (Fsp3) is 0.286. The highest BCUT2D eigenvalue weighted by Crippen LogP contribution is 2.39. The van der Waals surface area contributed by atoms with Crippen molar-refractivity contribution in [2.24, 2.45) is 0 Å². The van der Waals surface area contributed by atoms with E-state index in [1.165, 1.54) is 29.0 Å². The lowest BCUT2D eigenvalue weighted by atomic mass is 9.95. The Morgan fingerprint density at radius 2 is 2.12 bits per heavy atom. The monoisotopic (exact) mass is 467 g/mol. The number of carbonyl (C=O) groups excluding carboxylic acids is 1. The first-order valence-electron chi connectivity index (χ1n) is 9.26. The molecule has 32 heavy (non-hydrogen) atoms. The highest BCUT2D eigenvalue weighted by atomic mass is 32.1. The van der Waals surface area contributed by atoms with Crippen LogP contribution in [0.2, 0.25) is 0 Å². The number of aromatic nitrogens is 1. The van der Waals surface area contributed by atoms with Gasteiger partial charge in [-0.1, -0.05) is 24.8 Å². The maximum Gasteiger partial charge on any atom is 0.421 e. The van der Waals surface area contributed by atoms with Crippen molar-refractivity contribution in [1.29, 1.82) is 5.26 Å². The van der Waals surface area contributed by atoms with Crippen molar-refractivity contribution >= 4 is 34.8 Å². The molecule has 1 unspecified atom stereocenters. The molecule has 1 atom stereocenters. The lowest BCUT2D eigenvalue weighted by molar-refractivity contribution is -0.258. The summed E-state index contributed by atoms with van der Waals surface area (Å²) in [7, 11) is 0.